The quantitative estimate of drug-likeness (QED) is 0.445. The molecule has 0 aliphatic rings. The lowest BCUT2D eigenvalue weighted by molar-refractivity contribution is 0.454. The minimum Gasteiger partial charge on any atom is -0.439 e. The molecule has 0 aliphatic heterocycles. The van der Waals surface area contributed by atoms with E-state index in [1.54, 1.807) is 6.20 Å². The molecular formula is C21H19N3O2S. The average Bonchev–Trinajstić information content (AvgIpc) is 3.17. The average molecular weight is 377 g/mol. The summed E-state index contributed by atoms with van der Waals surface area (Å²) in [4.78, 5) is 8.74. The summed E-state index contributed by atoms with van der Waals surface area (Å²) in [5.74, 6) is 2.05. The van der Waals surface area contributed by atoms with Crippen molar-refractivity contribution in [1.82, 2.24) is 9.97 Å². The third-order valence-electron chi connectivity index (χ3n) is 4.02. The maximum Gasteiger partial charge on any atom is 0.278 e. The van der Waals surface area contributed by atoms with Crippen LogP contribution in [0.2, 0.25) is 0 Å². The third-order valence-corrected chi connectivity index (χ3v) is 4.67. The van der Waals surface area contributed by atoms with Crippen molar-refractivity contribution in [1.29, 1.82) is 0 Å². The van der Waals surface area contributed by atoms with E-state index in [9.17, 15) is 0 Å². The smallest absolute Gasteiger partial charge is 0.278 e. The van der Waals surface area contributed by atoms with Crippen molar-refractivity contribution in [3.8, 4) is 22.6 Å². The van der Waals surface area contributed by atoms with Gasteiger partial charge in [-0.2, -0.15) is 0 Å². The van der Waals surface area contributed by atoms with Gasteiger partial charge in [0, 0.05) is 35.3 Å². The van der Waals surface area contributed by atoms with Crippen LogP contribution >= 0.6 is 11.3 Å². The van der Waals surface area contributed by atoms with Crippen LogP contribution in [0.3, 0.4) is 0 Å². The van der Waals surface area contributed by atoms with Gasteiger partial charge in [0.25, 0.3) is 5.19 Å². The molecule has 6 heteroatoms. The molecule has 0 radical (unpaired) electrons. The first-order chi connectivity index (χ1) is 13.2. The van der Waals surface area contributed by atoms with Crippen LogP contribution in [0.5, 0.6) is 22.6 Å². The second kappa shape index (κ2) is 7.63. The molecule has 2 aromatic carbocycles. The van der Waals surface area contributed by atoms with Crippen LogP contribution in [0.25, 0.3) is 10.9 Å². The number of hydrogen-bond donors (Lipinski definition) is 1. The van der Waals surface area contributed by atoms with Crippen molar-refractivity contribution < 1.29 is 9.47 Å². The van der Waals surface area contributed by atoms with Crippen LogP contribution in [0.4, 0.5) is 5.69 Å². The summed E-state index contributed by atoms with van der Waals surface area (Å²) < 4.78 is 11.7. The van der Waals surface area contributed by atoms with Gasteiger partial charge < -0.3 is 14.8 Å². The summed E-state index contributed by atoms with van der Waals surface area (Å²) in [6.07, 6.45) is 1.72. The molecule has 0 amide bonds. The molecule has 2 heterocycles. The number of thiazole rings is 1. The summed E-state index contributed by atoms with van der Waals surface area (Å²) in [5, 5.41) is 6.88. The summed E-state index contributed by atoms with van der Waals surface area (Å²) in [7, 11) is 0. The lowest BCUT2D eigenvalue weighted by Crippen LogP contribution is -1.96. The molecule has 0 fully saturated rings. The number of hydrogen-bond acceptors (Lipinski definition) is 6. The van der Waals surface area contributed by atoms with E-state index in [-0.39, 0.29) is 0 Å². The predicted molar refractivity (Wildman–Crippen MR) is 109 cm³/mol. The minimum atomic E-state index is 0.565. The molecule has 4 aromatic rings. The molecule has 2 aromatic heterocycles. The molecular weight excluding hydrogens is 358 g/mol. The van der Waals surface area contributed by atoms with E-state index in [0.29, 0.717) is 11.1 Å². The Balaban J connectivity index is 1.53. The van der Waals surface area contributed by atoms with Crippen LogP contribution in [0.15, 0.2) is 60.1 Å². The summed E-state index contributed by atoms with van der Waals surface area (Å²) in [6.45, 7) is 4.95. The maximum atomic E-state index is 5.99. The first-order valence-electron chi connectivity index (χ1n) is 8.72. The van der Waals surface area contributed by atoms with E-state index < -0.39 is 0 Å². The van der Waals surface area contributed by atoms with Crippen molar-refractivity contribution in [3.05, 3.63) is 65.7 Å². The third kappa shape index (κ3) is 4.01. The van der Waals surface area contributed by atoms with Gasteiger partial charge in [0.1, 0.15) is 11.5 Å². The molecule has 0 saturated carbocycles. The largest absolute Gasteiger partial charge is 0.439 e. The SMILES string of the molecule is CCNc1ccc2nc(Oc3ccc(Oc4nccs4)cc3C)ccc2c1. The standard InChI is InChI=1S/C21H19N3O2S/c1-3-22-16-5-7-18-15(13-16)4-9-20(24-18)26-19-8-6-17(12-14(19)2)25-21-23-10-11-27-21/h4-13,22H,3H2,1-2H3. The Morgan fingerprint density at radius 1 is 1.04 bits per heavy atom. The first-order valence-corrected chi connectivity index (χ1v) is 9.60. The molecule has 0 saturated heterocycles. The lowest BCUT2D eigenvalue weighted by atomic mass is 10.2. The zero-order valence-electron chi connectivity index (χ0n) is 15.1. The number of anilines is 1. The van der Waals surface area contributed by atoms with Gasteiger partial charge in [-0.1, -0.05) is 11.3 Å². The summed E-state index contributed by atoms with van der Waals surface area (Å²) in [5.41, 5.74) is 2.95. The predicted octanol–water partition coefficient (Wildman–Crippen LogP) is 6.02. The molecule has 5 nitrogen and oxygen atoms in total. The van der Waals surface area contributed by atoms with Crippen molar-refractivity contribution in [2.24, 2.45) is 0 Å². The number of fused-ring (bicyclic) bond motifs is 1. The van der Waals surface area contributed by atoms with Gasteiger partial charge in [-0.05, 0) is 61.9 Å². The van der Waals surface area contributed by atoms with Crippen LogP contribution in [-0.2, 0) is 0 Å². The van der Waals surface area contributed by atoms with Crippen molar-refractivity contribution in [2.45, 2.75) is 13.8 Å². The fraction of sp³-hybridized carbons (Fsp3) is 0.143. The van der Waals surface area contributed by atoms with Gasteiger partial charge in [-0.25, -0.2) is 9.97 Å². The Morgan fingerprint density at radius 2 is 1.96 bits per heavy atom. The highest BCUT2D eigenvalue weighted by Crippen LogP contribution is 2.31. The van der Waals surface area contributed by atoms with E-state index in [0.717, 1.165) is 40.2 Å². The Hall–Kier alpha value is -3.12. The maximum absolute atomic E-state index is 5.99. The van der Waals surface area contributed by atoms with Gasteiger partial charge in [0.05, 0.1) is 5.52 Å². The highest BCUT2D eigenvalue weighted by Gasteiger charge is 2.07. The molecule has 0 atom stereocenters. The van der Waals surface area contributed by atoms with Crippen molar-refractivity contribution in [2.75, 3.05) is 11.9 Å². The van der Waals surface area contributed by atoms with E-state index in [1.807, 2.05) is 54.8 Å². The van der Waals surface area contributed by atoms with Crippen LogP contribution in [-0.4, -0.2) is 16.5 Å². The van der Waals surface area contributed by atoms with E-state index >= 15 is 0 Å². The Morgan fingerprint density at radius 3 is 2.74 bits per heavy atom. The van der Waals surface area contributed by atoms with Crippen molar-refractivity contribution >= 4 is 27.9 Å². The minimum absolute atomic E-state index is 0.565. The molecule has 1 N–H and O–H groups in total. The van der Waals surface area contributed by atoms with Crippen LogP contribution in [0, 0.1) is 6.92 Å². The van der Waals surface area contributed by atoms with E-state index in [2.05, 4.69) is 28.3 Å². The second-order valence-corrected chi connectivity index (χ2v) is 6.87. The fourth-order valence-electron chi connectivity index (χ4n) is 2.75. The van der Waals surface area contributed by atoms with Crippen LogP contribution < -0.4 is 14.8 Å². The topological polar surface area (TPSA) is 56.3 Å². The first kappa shape index (κ1) is 17.3. The zero-order chi connectivity index (χ0) is 18.6. The van der Waals surface area contributed by atoms with E-state index in [4.69, 9.17) is 9.47 Å². The molecule has 27 heavy (non-hydrogen) atoms. The summed E-state index contributed by atoms with van der Waals surface area (Å²) in [6, 6.07) is 15.7. The highest BCUT2D eigenvalue weighted by molar-refractivity contribution is 7.11. The summed E-state index contributed by atoms with van der Waals surface area (Å²) >= 11 is 1.46. The highest BCUT2D eigenvalue weighted by atomic mass is 32.1. The lowest BCUT2D eigenvalue weighted by Gasteiger charge is -2.11. The number of nitrogens with one attached hydrogen (secondary N) is 1. The molecule has 0 bridgehead atoms. The number of nitrogens with zero attached hydrogens (tertiary/aromatic N) is 2. The Kier molecular flexibility index (Phi) is 4.89. The monoisotopic (exact) mass is 377 g/mol. The van der Waals surface area contributed by atoms with Gasteiger partial charge in [0.15, 0.2) is 0 Å². The number of rotatable bonds is 6. The van der Waals surface area contributed by atoms with Gasteiger partial charge in [-0.3, -0.25) is 0 Å². The normalized spacial score (nSPS) is 10.7. The Bertz CT molecular complexity index is 1060. The number of benzene rings is 2. The fourth-order valence-corrected chi connectivity index (χ4v) is 3.26. The van der Waals surface area contributed by atoms with Gasteiger partial charge in [-0.15, -0.1) is 0 Å². The molecule has 0 unspecified atom stereocenters. The van der Waals surface area contributed by atoms with E-state index in [1.165, 1.54) is 11.3 Å². The second-order valence-electron chi connectivity index (χ2n) is 6.02. The number of aromatic nitrogens is 2. The number of aryl methyl sites for hydroxylation is 1. The number of pyridine rings is 1. The molecule has 136 valence electrons. The molecule has 0 aliphatic carbocycles. The van der Waals surface area contributed by atoms with Crippen LogP contribution in [0.1, 0.15) is 12.5 Å². The Labute approximate surface area is 161 Å². The molecule has 4 rings (SSSR count). The zero-order valence-corrected chi connectivity index (χ0v) is 15.9. The number of ether oxygens (including phenoxy) is 2. The van der Waals surface area contributed by atoms with Crippen molar-refractivity contribution in [3.63, 3.8) is 0 Å². The van der Waals surface area contributed by atoms with Gasteiger partial charge in [0.2, 0.25) is 5.88 Å². The molecule has 0 spiro atoms. The van der Waals surface area contributed by atoms with Gasteiger partial charge >= 0.3 is 0 Å².